The molecule has 0 bridgehead atoms. The Kier molecular flexibility index (Phi) is 4.69. The summed E-state index contributed by atoms with van der Waals surface area (Å²) in [5.74, 6) is -0.185. The highest BCUT2D eigenvalue weighted by atomic mass is 19.1. The van der Waals surface area contributed by atoms with E-state index in [0.29, 0.717) is 0 Å². The Hall–Kier alpha value is -1.67. The van der Waals surface area contributed by atoms with Gasteiger partial charge in [0.2, 0.25) is 0 Å². The lowest BCUT2D eigenvalue weighted by Gasteiger charge is -2.23. The highest BCUT2D eigenvalue weighted by molar-refractivity contribution is 5.22. The van der Waals surface area contributed by atoms with Crippen molar-refractivity contribution in [2.45, 2.75) is 32.4 Å². The van der Waals surface area contributed by atoms with Crippen LogP contribution in [0.1, 0.15) is 43.5 Å². The van der Waals surface area contributed by atoms with Crippen LogP contribution in [0.5, 0.6) is 0 Å². The fourth-order valence-electron chi connectivity index (χ4n) is 2.28. The van der Waals surface area contributed by atoms with Gasteiger partial charge >= 0.3 is 0 Å². The summed E-state index contributed by atoms with van der Waals surface area (Å²) in [6, 6.07) is 17.6. The molecule has 19 heavy (non-hydrogen) atoms. The number of rotatable bonds is 5. The zero-order valence-corrected chi connectivity index (χ0v) is 11.4. The Balaban J connectivity index is 2.09. The maximum atomic E-state index is 13.0. The molecular weight excluding hydrogens is 237 g/mol. The Morgan fingerprint density at radius 1 is 0.947 bits per heavy atom. The van der Waals surface area contributed by atoms with E-state index in [1.807, 2.05) is 30.3 Å². The summed E-state index contributed by atoms with van der Waals surface area (Å²) in [6.45, 7) is 4.29. The monoisotopic (exact) mass is 257 g/mol. The second kappa shape index (κ2) is 6.48. The number of nitrogens with one attached hydrogen (secondary N) is 1. The van der Waals surface area contributed by atoms with Crippen LogP contribution in [0.25, 0.3) is 0 Å². The molecule has 0 fully saturated rings. The molecule has 0 aliphatic carbocycles. The highest BCUT2D eigenvalue weighted by Crippen LogP contribution is 2.22. The molecule has 2 heteroatoms. The molecule has 0 saturated heterocycles. The lowest BCUT2D eigenvalue weighted by Crippen LogP contribution is -2.24. The average Bonchev–Trinajstić information content (AvgIpc) is 2.46. The normalized spacial score (nSPS) is 14.1. The summed E-state index contributed by atoms with van der Waals surface area (Å²) in [6.07, 6.45) is 0.975. The van der Waals surface area contributed by atoms with Gasteiger partial charge in [0.15, 0.2) is 0 Å². The molecule has 0 spiro atoms. The van der Waals surface area contributed by atoms with E-state index in [2.05, 4.69) is 31.3 Å². The van der Waals surface area contributed by atoms with Gasteiger partial charge in [0.25, 0.3) is 0 Å². The van der Waals surface area contributed by atoms with Gasteiger partial charge in [-0.05, 0) is 36.6 Å². The third-order valence-electron chi connectivity index (χ3n) is 3.43. The van der Waals surface area contributed by atoms with Crippen LogP contribution in [0.2, 0.25) is 0 Å². The Bertz CT molecular complexity index is 492. The number of hydrogen-bond donors (Lipinski definition) is 1. The predicted octanol–water partition coefficient (Wildman–Crippen LogP) is 4.63. The molecule has 2 aromatic rings. The van der Waals surface area contributed by atoms with E-state index in [0.717, 1.165) is 12.0 Å². The van der Waals surface area contributed by atoms with Crippen molar-refractivity contribution in [3.05, 3.63) is 71.5 Å². The van der Waals surface area contributed by atoms with Crippen molar-refractivity contribution in [1.29, 1.82) is 0 Å². The zero-order valence-electron chi connectivity index (χ0n) is 11.4. The van der Waals surface area contributed by atoms with E-state index < -0.39 is 0 Å². The molecule has 2 rings (SSSR count). The largest absolute Gasteiger partial charge is 0.303 e. The van der Waals surface area contributed by atoms with E-state index >= 15 is 0 Å². The van der Waals surface area contributed by atoms with E-state index in [1.165, 1.54) is 17.7 Å². The molecule has 1 nitrogen and oxygen atoms in total. The third kappa shape index (κ3) is 3.65. The minimum absolute atomic E-state index is 0.185. The van der Waals surface area contributed by atoms with E-state index in [-0.39, 0.29) is 17.9 Å². The molecule has 0 heterocycles. The summed E-state index contributed by atoms with van der Waals surface area (Å²) in [4.78, 5) is 0. The van der Waals surface area contributed by atoms with Crippen molar-refractivity contribution in [1.82, 2.24) is 5.32 Å². The van der Waals surface area contributed by atoms with Gasteiger partial charge in [0, 0.05) is 12.1 Å². The van der Waals surface area contributed by atoms with Gasteiger partial charge in [0.05, 0.1) is 0 Å². The first kappa shape index (κ1) is 13.8. The first-order chi connectivity index (χ1) is 9.20. The molecular formula is C17H20FN. The molecule has 1 N–H and O–H groups in total. The molecule has 0 aromatic heterocycles. The van der Waals surface area contributed by atoms with Crippen molar-refractivity contribution in [2.24, 2.45) is 0 Å². The van der Waals surface area contributed by atoms with Crippen LogP contribution in [0.3, 0.4) is 0 Å². The number of halogens is 1. The second-order valence-electron chi connectivity index (χ2n) is 4.81. The van der Waals surface area contributed by atoms with Gasteiger partial charge in [0.1, 0.15) is 5.82 Å². The molecule has 100 valence electrons. The summed E-state index contributed by atoms with van der Waals surface area (Å²) < 4.78 is 13.0. The number of benzene rings is 2. The fraction of sp³-hybridized carbons (Fsp3) is 0.294. The van der Waals surface area contributed by atoms with Gasteiger partial charge in [-0.2, -0.15) is 0 Å². The van der Waals surface area contributed by atoms with Gasteiger partial charge in [-0.25, -0.2) is 4.39 Å². The molecule has 0 saturated carbocycles. The molecule has 0 aliphatic heterocycles. The molecule has 1 unspecified atom stereocenters. The van der Waals surface area contributed by atoms with E-state index in [4.69, 9.17) is 0 Å². The maximum Gasteiger partial charge on any atom is 0.123 e. The summed E-state index contributed by atoms with van der Waals surface area (Å²) in [5.41, 5.74) is 2.40. The van der Waals surface area contributed by atoms with Crippen LogP contribution >= 0.6 is 0 Å². The third-order valence-corrected chi connectivity index (χ3v) is 3.43. The molecule has 0 amide bonds. The quantitative estimate of drug-likeness (QED) is 0.823. The highest BCUT2D eigenvalue weighted by Gasteiger charge is 2.13. The van der Waals surface area contributed by atoms with E-state index in [9.17, 15) is 4.39 Å². The molecule has 2 aromatic carbocycles. The average molecular weight is 257 g/mol. The van der Waals surface area contributed by atoms with Crippen LogP contribution in [-0.4, -0.2) is 0 Å². The predicted molar refractivity (Wildman–Crippen MR) is 77.4 cm³/mol. The minimum Gasteiger partial charge on any atom is -0.303 e. The van der Waals surface area contributed by atoms with Crippen LogP contribution in [0.4, 0.5) is 4.39 Å². The summed E-state index contributed by atoms with van der Waals surface area (Å²) in [7, 11) is 0. The second-order valence-corrected chi connectivity index (χ2v) is 4.81. The van der Waals surface area contributed by atoms with Crippen LogP contribution in [0, 0.1) is 5.82 Å². The van der Waals surface area contributed by atoms with Crippen LogP contribution in [-0.2, 0) is 0 Å². The Morgan fingerprint density at radius 2 is 1.58 bits per heavy atom. The van der Waals surface area contributed by atoms with Crippen molar-refractivity contribution in [3.63, 3.8) is 0 Å². The lowest BCUT2D eigenvalue weighted by molar-refractivity contribution is 0.456. The van der Waals surface area contributed by atoms with Crippen LogP contribution in [0.15, 0.2) is 54.6 Å². The molecule has 0 aliphatic rings. The van der Waals surface area contributed by atoms with Gasteiger partial charge in [-0.1, -0.05) is 49.4 Å². The first-order valence-electron chi connectivity index (χ1n) is 6.77. The minimum atomic E-state index is -0.185. The smallest absolute Gasteiger partial charge is 0.123 e. The van der Waals surface area contributed by atoms with Gasteiger partial charge in [-0.15, -0.1) is 0 Å². The number of hydrogen-bond acceptors (Lipinski definition) is 1. The molecule has 2 atom stereocenters. The standard InChI is InChI=1S/C17H20FN/c1-3-17(15-9-11-16(18)12-10-15)19-13(2)14-7-5-4-6-8-14/h4-13,17,19H,3H2,1-2H3/t13-,17?/m0/s1. The zero-order chi connectivity index (χ0) is 13.7. The van der Waals surface area contributed by atoms with E-state index in [1.54, 1.807) is 0 Å². The Morgan fingerprint density at radius 3 is 2.16 bits per heavy atom. The summed E-state index contributed by atoms with van der Waals surface area (Å²) >= 11 is 0. The SMILES string of the molecule is CCC(N[C@@H](C)c1ccccc1)c1ccc(F)cc1. The molecule has 0 radical (unpaired) electrons. The lowest BCUT2D eigenvalue weighted by atomic mass is 10.0. The van der Waals surface area contributed by atoms with Gasteiger partial charge < -0.3 is 5.32 Å². The van der Waals surface area contributed by atoms with Crippen molar-refractivity contribution in [2.75, 3.05) is 0 Å². The Labute approximate surface area is 114 Å². The van der Waals surface area contributed by atoms with Gasteiger partial charge in [-0.3, -0.25) is 0 Å². The fourth-order valence-corrected chi connectivity index (χ4v) is 2.28. The van der Waals surface area contributed by atoms with Crippen molar-refractivity contribution in [3.8, 4) is 0 Å². The summed E-state index contributed by atoms with van der Waals surface area (Å²) in [5, 5.41) is 3.60. The first-order valence-corrected chi connectivity index (χ1v) is 6.77. The van der Waals surface area contributed by atoms with Crippen molar-refractivity contribution < 1.29 is 4.39 Å². The van der Waals surface area contributed by atoms with Crippen LogP contribution < -0.4 is 5.32 Å². The topological polar surface area (TPSA) is 12.0 Å². The maximum absolute atomic E-state index is 13.0. The van der Waals surface area contributed by atoms with Crippen molar-refractivity contribution >= 4 is 0 Å².